The maximum absolute atomic E-state index is 12.5. The molecule has 0 unspecified atom stereocenters. The van der Waals surface area contributed by atoms with Gasteiger partial charge in [-0.15, -0.1) is 0 Å². The van der Waals surface area contributed by atoms with E-state index in [4.69, 9.17) is 5.11 Å². The van der Waals surface area contributed by atoms with Crippen LogP contribution >= 0.6 is 15.9 Å². The first kappa shape index (κ1) is 15.0. The first-order chi connectivity index (χ1) is 8.45. The normalized spacial score (nSPS) is 10.8. The number of alkyl halides is 2. The molecular formula is C12H14BrF2NO2. The van der Waals surface area contributed by atoms with E-state index in [0.717, 1.165) is 0 Å². The summed E-state index contributed by atoms with van der Waals surface area (Å²) < 4.78 is 25.7. The summed E-state index contributed by atoms with van der Waals surface area (Å²) in [5.41, 5.74) is 0.776. The number of aliphatic hydroxyl groups excluding tert-OH is 1. The van der Waals surface area contributed by atoms with Gasteiger partial charge in [0.25, 0.3) is 6.43 Å². The average molecular weight is 322 g/mol. The minimum absolute atomic E-state index is 0.0566. The number of ketones is 1. The molecule has 100 valence electrons. The van der Waals surface area contributed by atoms with Gasteiger partial charge in [-0.2, -0.15) is 0 Å². The second-order valence-corrected chi connectivity index (χ2v) is 4.69. The Hall–Kier alpha value is -1.01. The lowest BCUT2D eigenvalue weighted by Gasteiger charge is -2.25. The Morgan fingerprint density at radius 2 is 2.17 bits per heavy atom. The zero-order valence-corrected chi connectivity index (χ0v) is 11.5. The Labute approximate surface area is 113 Å². The standard InChI is InChI=1S/C12H14BrF2NO2/c1-8(18)10-3-2-9(13)6-11(10)16(4-5-17)7-12(14)15/h2-3,6,12,17H,4-5,7H2,1H3. The molecule has 0 aliphatic carbocycles. The van der Waals surface area contributed by atoms with Crippen molar-refractivity contribution in [1.82, 2.24) is 0 Å². The molecule has 0 amide bonds. The molecule has 0 saturated carbocycles. The molecule has 1 rings (SSSR count). The van der Waals surface area contributed by atoms with Gasteiger partial charge >= 0.3 is 0 Å². The third kappa shape index (κ3) is 4.03. The van der Waals surface area contributed by atoms with Crippen LogP contribution in [0.2, 0.25) is 0 Å². The van der Waals surface area contributed by atoms with Crippen LogP contribution in [-0.2, 0) is 0 Å². The first-order valence-corrected chi connectivity index (χ1v) is 6.19. The van der Waals surface area contributed by atoms with E-state index in [1.54, 1.807) is 18.2 Å². The molecule has 1 N–H and O–H groups in total. The molecule has 0 saturated heterocycles. The lowest BCUT2D eigenvalue weighted by Crippen LogP contribution is -2.32. The van der Waals surface area contributed by atoms with Gasteiger partial charge in [0.2, 0.25) is 0 Å². The molecule has 0 spiro atoms. The number of anilines is 1. The van der Waals surface area contributed by atoms with Crippen molar-refractivity contribution in [3.8, 4) is 0 Å². The van der Waals surface area contributed by atoms with Crippen LogP contribution in [0.3, 0.4) is 0 Å². The molecule has 0 atom stereocenters. The highest BCUT2D eigenvalue weighted by Gasteiger charge is 2.17. The van der Waals surface area contributed by atoms with Gasteiger partial charge in [-0.3, -0.25) is 4.79 Å². The van der Waals surface area contributed by atoms with Gasteiger partial charge in [0.1, 0.15) is 0 Å². The first-order valence-electron chi connectivity index (χ1n) is 5.40. The van der Waals surface area contributed by atoms with Crippen molar-refractivity contribution >= 4 is 27.4 Å². The maximum Gasteiger partial charge on any atom is 0.255 e. The Morgan fingerprint density at radius 3 is 2.67 bits per heavy atom. The number of carbonyl (C=O) groups is 1. The number of benzene rings is 1. The van der Waals surface area contributed by atoms with Crippen LogP contribution in [0.4, 0.5) is 14.5 Å². The third-order valence-electron chi connectivity index (χ3n) is 2.41. The number of carbonyl (C=O) groups excluding carboxylic acids is 1. The van der Waals surface area contributed by atoms with Gasteiger partial charge in [-0.25, -0.2) is 8.78 Å². The minimum atomic E-state index is -2.53. The van der Waals surface area contributed by atoms with Gasteiger partial charge in [-0.1, -0.05) is 15.9 Å². The summed E-state index contributed by atoms with van der Waals surface area (Å²) in [6.07, 6.45) is -2.53. The third-order valence-corrected chi connectivity index (χ3v) is 2.90. The summed E-state index contributed by atoms with van der Waals surface area (Å²) >= 11 is 3.24. The average Bonchev–Trinajstić information content (AvgIpc) is 2.27. The van der Waals surface area contributed by atoms with Crippen molar-refractivity contribution in [3.63, 3.8) is 0 Å². The lowest BCUT2D eigenvalue weighted by molar-refractivity contribution is 0.101. The van der Waals surface area contributed by atoms with Gasteiger partial charge in [0, 0.05) is 22.3 Å². The molecule has 3 nitrogen and oxygen atoms in total. The van der Waals surface area contributed by atoms with E-state index in [2.05, 4.69) is 15.9 Å². The van der Waals surface area contributed by atoms with Gasteiger partial charge in [0.05, 0.1) is 13.2 Å². The summed E-state index contributed by atoms with van der Waals surface area (Å²) in [7, 11) is 0. The highest BCUT2D eigenvalue weighted by atomic mass is 79.9. The van der Waals surface area contributed by atoms with Crippen LogP contribution in [0.1, 0.15) is 17.3 Å². The van der Waals surface area contributed by atoms with E-state index in [1.165, 1.54) is 11.8 Å². The number of halogens is 3. The van der Waals surface area contributed by atoms with Gasteiger partial charge in [-0.05, 0) is 25.1 Å². The van der Waals surface area contributed by atoms with Crippen molar-refractivity contribution in [2.75, 3.05) is 24.6 Å². The van der Waals surface area contributed by atoms with Crippen molar-refractivity contribution in [2.45, 2.75) is 13.3 Å². The number of Topliss-reactive ketones (excluding diaryl/α,β-unsaturated/α-hetero) is 1. The minimum Gasteiger partial charge on any atom is -0.395 e. The lowest BCUT2D eigenvalue weighted by atomic mass is 10.1. The predicted molar refractivity (Wildman–Crippen MR) is 69.4 cm³/mol. The number of hydrogen-bond donors (Lipinski definition) is 1. The van der Waals surface area contributed by atoms with Crippen LogP contribution < -0.4 is 4.90 Å². The summed E-state index contributed by atoms with van der Waals surface area (Å²) in [5.74, 6) is -0.199. The molecular weight excluding hydrogens is 308 g/mol. The van der Waals surface area contributed by atoms with Crippen molar-refractivity contribution in [3.05, 3.63) is 28.2 Å². The van der Waals surface area contributed by atoms with E-state index in [-0.39, 0.29) is 18.9 Å². The Morgan fingerprint density at radius 1 is 1.50 bits per heavy atom. The second-order valence-electron chi connectivity index (χ2n) is 3.78. The monoisotopic (exact) mass is 321 g/mol. The smallest absolute Gasteiger partial charge is 0.255 e. The number of nitrogens with zero attached hydrogens (tertiary/aromatic N) is 1. The summed E-state index contributed by atoms with van der Waals surface area (Å²) in [5, 5.41) is 8.93. The van der Waals surface area contributed by atoms with E-state index in [9.17, 15) is 13.6 Å². The van der Waals surface area contributed by atoms with E-state index >= 15 is 0 Å². The zero-order valence-electron chi connectivity index (χ0n) is 9.87. The number of rotatable bonds is 6. The fraction of sp³-hybridized carbons (Fsp3) is 0.417. The Kier molecular flexibility index (Phi) is 5.68. The topological polar surface area (TPSA) is 40.5 Å². The maximum atomic E-state index is 12.5. The molecule has 1 aromatic rings. The van der Waals surface area contributed by atoms with Crippen LogP contribution in [0.25, 0.3) is 0 Å². The zero-order chi connectivity index (χ0) is 13.7. The summed E-state index contributed by atoms with van der Waals surface area (Å²) in [6.45, 7) is 0.668. The number of hydrogen-bond acceptors (Lipinski definition) is 3. The fourth-order valence-electron chi connectivity index (χ4n) is 1.66. The summed E-state index contributed by atoms with van der Waals surface area (Å²) in [4.78, 5) is 12.8. The Balaban J connectivity index is 3.15. The van der Waals surface area contributed by atoms with Crippen LogP contribution in [0.15, 0.2) is 22.7 Å². The molecule has 6 heteroatoms. The van der Waals surface area contributed by atoms with Crippen LogP contribution in [0, 0.1) is 0 Å². The number of aliphatic hydroxyl groups is 1. The molecule has 0 bridgehead atoms. The molecule has 18 heavy (non-hydrogen) atoms. The molecule has 1 aromatic carbocycles. The second kappa shape index (κ2) is 6.80. The van der Waals surface area contributed by atoms with Gasteiger partial charge < -0.3 is 10.0 Å². The molecule has 0 radical (unpaired) electrons. The molecule has 0 aromatic heterocycles. The Bertz CT molecular complexity index is 427. The SMILES string of the molecule is CC(=O)c1ccc(Br)cc1N(CCO)CC(F)F. The van der Waals surface area contributed by atoms with E-state index in [0.29, 0.717) is 15.7 Å². The molecule has 0 aliphatic rings. The largest absolute Gasteiger partial charge is 0.395 e. The highest BCUT2D eigenvalue weighted by Crippen LogP contribution is 2.26. The quantitative estimate of drug-likeness (QED) is 0.819. The predicted octanol–water partition coefficient (Wildman–Crippen LogP) is 2.72. The summed E-state index contributed by atoms with van der Waals surface area (Å²) in [6, 6.07) is 4.87. The molecule has 0 heterocycles. The molecule has 0 aliphatic heterocycles. The molecule has 0 fully saturated rings. The van der Waals surface area contributed by atoms with Gasteiger partial charge in [0.15, 0.2) is 5.78 Å². The van der Waals surface area contributed by atoms with E-state index < -0.39 is 13.0 Å². The van der Waals surface area contributed by atoms with Crippen LogP contribution in [0.5, 0.6) is 0 Å². The fourth-order valence-corrected chi connectivity index (χ4v) is 2.01. The van der Waals surface area contributed by atoms with Crippen LogP contribution in [-0.4, -0.2) is 37.0 Å². The van der Waals surface area contributed by atoms with Crippen molar-refractivity contribution in [1.29, 1.82) is 0 Å². The van der Waals surface area contributed by atoms with Crippen molar-refractivity contribution in [2.24, 2.45) is 0 Å². The highest BCUT2D eigenvalue weighted by molar-refractivity contribution is 9.10. The van der Waals surface area contributed by atoms with E-state index in [1.807, 2.05) is 0 Å². The van der Waals surface area contributed by atoms with Crippen molar-refractivity contribution < 1.29 is 18.7 Å².